The van der Waals surface area contributed by atoms with Crippen molar-refractivity contribution in [1.29, 1.82) is 0 Å². The van der Waals surface area contributed by atoms with Gasteiger partial charge in [0, 0.05) is 50.2 Å². The molecule has 1 fully saturated rings. The van der Waals surface area contributed by atoms with Crippen LogP contribution >= 0.6 is 0 Å². The molecule has 1 N–H and O–H groups in total. The molecule has 0 aliphatic carbocycles. The Bertz CT molecular complexity index is 1190. The van der Waals surface area contributed by atoms with E-state index in [0.717, 1.165) is 47.6 Å². The highest BCUT2D eigenvalue weighted by molar-refractivity contribution is 6.36. The first-order valence-corrected chi connectivity index (χ1v) is 10.5. The number of anilines is 1. The Kier molecular flexibility index (Phi) is 5.15. The van der Waals surface area contributed by atoms with E-state index in [1.807, 2.05) is 41.8 Å². The van der Waals surface area contributed by atoms with Gasteiger partial charge in [0.15, 0.2) is 11.4 Å². The van der Waals surface area contributed by atoms with Crippen LogP contribution in [0.15, 0.2) is 59.6 Å². The minimum atomic E-state index is -0.0637. The van der Waals surface area contributed by atoms with Gasteiger partial charge in [0.2, 0.25) is 0 Å². The van der Waals surface area contributed by atoms with Gasteiger partial charge in [0.1, 0.15) is 13.7 Å². The molecule has 0 aromatic carbocycles. The average molecular weight is 414 g/mol. The van der Waals surface area contributed by atoms with Crippen LogP contribution in [0.1, 0.15) is 40.6 Å². The number of hydrogen-bond acceptors (Lipinski definition) is 6. The number of amides is 1. The SMILES string of the molecule is Bc1cnn2c(NCc3cccnc3)cc(C3CCCN(C(=O)c4ccco4)C3)nc12. The van der Waals surface area contributed by atoms with Gasteiger partial charge >= 0.3 is 0 Å². The lowest BCUT2D eigenvalue weighted by Crippen LogP contribution is -2.39. The average Bonchev–Trinajstić information content (AvgIpc) is 3.48. The van der Waals surface area contributed by atoms with Crippen LogP contribution < -0.4 is 10.8 Å². The van der Waals surface area contributed by atoms with Crippen molar-refractivity contribution in [3.8, 4) is 0 Å². The number of aromatic nitrogens is 4. The summed E-state index contributed by atoms with van der Waals surface area (Å²) in [6.45, 7) is 1.99. The molecular weight excluding hydrogens is 391 g/mol. The van der Waals surface area contributed by atoms with Crippen molar-refractivity contribution >= 4 is 30.7 Å². The number of fused-ring (bicyclic) bond motifs is 1. The highest BCUT2D eigenvalue weighted by Gasteiger charge is 2.28. The predicted molar refractivity (Wildman–Crippen MR) is 119 cm³/mol. The highest BCUT2D eigenvalue weighted by atomic mass is 16.3. The summed E-state index contributed by atoms with van der Waals surface area (Å²) in [7, 11) is 2.01. The van der Waals surface area contributed by atoms with Crippen LogP contribution in [0.5, 0.6) is 0 Å². The van der Waals surface area contributed by atoms with E-state index in [2.05, 4.69) is 21.5 Å². The number of rotatable bonds is 5. The third-order valence-electron chi connectivity index (χ3n) is 5.72. The normalized spacial score (nSPS) is 16.5. The van der Waals surface area contributed by atoms with Crippen LogP contribution in [0.2, 0.25) is 0 Å². The maximum absolute atomic E-state index is 12.8. The van der Waals surface area contributed by atoms with E-state index in [0.29, 0.717) is 18.8 Å². The lowest BCUT2D eigenvalue weighted by molar-refractivity contribution is 0.0674. The molecule has 1 aliphatic heterocycles. The first-order chi connectivity index (χ1) is 15.2. The van der Waals surface area contributed by atoms with Gasteiger partial charge in [-0.25, -0.2) is 4.98 Å². The first kappa shape index (κ1) is 19.4. The van der Waals surface area contributed by atoms with Crippen LogP contribution in [0, 0.1) is 0 Å². The molecule has 5 rings (SSSR count). The fourth-order valence-electron chi connectivity index (χ4n) is 4.08. The number of pyridine rings is 1. The molecule has 9 heteroatoms. The lowest BCUT2D eigenvalue weighted by Gasteiger charge is -2.32. The Morgan fingerprint density at radius 2 is 2.23 bits per heavy atom. The number of carbonyl (C=O) groups excluding carboxylic acids is 1. The van der Waals surface area contributed by atoms with E-state index in [1.165, 1.54) is 6.26 Å². The molecule has 1 unspecified atom stereocenters. The second-order valence-electron chi connectivity index (χ2n) is 7.91. The number of likely N-dealkylation sites (tertiary alicyclic amines) is 1. The van der Waals surface area contributed by atoms with Gasteiger partial charge in [-0.15, -0.1) is 0 Å². The second kappa shape index (κ2) is 8.25. The van der Waals surface area contributed by atoms with Crippen LogP contribution in [0.4, 0.5) is 5.82 Å². The Hall–Kier alpha value is -3.62. The fourth-order valence-corrected chi connectivity index (χ4v) is 4.08. The Labute approximate surface area is 180 Å². The molecular formula is C22H23BN6O2. The van der Waals surface area contributed by atoms with E-state index < -0.39 is 0 Å². The molecule has 0 spiro atoms. The zero-order valence-corrected chi connectivity index (χ0v) is 17.4. The van der Waals surface area contributed by atoms with Gasteiger partial charge in [-0.05, 0) is 42.1 Å². The molecule has 1 saturated heterocycles. The van der Waals surface area contributed by atoms with Gasteiger partial charge in [0.25, 0.3) is 5.91 Å². The molecule has 4 aromatic rings. The Morgan fingerprint density at radius 1 is 1.29 bits per heavy atom. The second-order valence-corrected chi connectivity index (χ2v) is 7.91. The molecule has 8 nitrogen and oxygen atoms in total. The number of nitrogens with zero attached hydrogens (tertiary/aromatic N) is 5. The standard InChI is InChI=1S/C22H23BN6O2/c23-17-13-26-29-20(25-12-15-4-1-7-24-11-15)10-18(27-21(17)29)16-5-2-8-28(14-16)22(30)19-6-3-9-31-19/h1,3-4,6-7,9-11,13,16,25H,2,5,8,12,14,23H2. The third-order valence-corrected chi connectivity index (χ3v) is 5.72. The summed E-state index contributed by atoms with van der Waals surface area (Å²) >= 11 is 0. The van der Waals surface area contributed by atoms with Gasteiger partial charge in [-0.1, -0.05) is 6.07 Å². The molecule has 4 aromatic heterocycles. The summed E-state index contributed by atoms with van der Waals surface area (Å²) in [5.41, 5.74) is 3.92. The summed E-state index contributed by atoms with van der Waals surface area (Å²) in [5, 5.41) is 7.97. The topological polar surface area (TPSA) is 88.6 Å². The van der Waals surface area contributed by atoms with Crippen LogP contribution in [0.25, 0.3) is 5.65 Å². The molecule has 1 amide bonds. The highest BCUT2D eigenvalue weighted by Crippen LogP contribution is 2.28. The predicted octanol–water partition coefficient (Wildman–Crippen LogP) is 1.61. The summed E-state index contributed by atoms with van der Waals surface area (Å²) < 4.78 is 7.15. The smallest absolute Gasteiger partial charge is 0.289 e. The molecule has 1 atom stereocenters. The van der Waals surface area contributed by atoms with Crippen molar-refractivity contribution in [2.45, 2.75) is 25.3 Å². The first-order valence-electron chi connectivity index (χ1n) is 10.5. The minimum Gasteiger partial charge on any atom is -0.459 e. The molecule has 156 valence electrons. The zero-order valence-electron chi connectivity index (χ0n) is 17.4. The molecule has 5 heterocycles. The van der Waals surface area contributed by atoms with Gasteiger partial charge in [-0.3, -0.25) is 9.78 Å². The summed E-state index contributed by atoms with van der Waals surface area (Å²) in [6.07, 6.45) is 8.89. The van der Waals surface area contributed by atoms with E-state index in [1.54, 1.807) is 18.3 Å². The number of carbonyl (C=O) groups is 1. The molecule has 0 bridgehead atoms. The van der Waals surface area contributed by atoms with E-state index in [-0.39, 0.29) is 11.8 Å². The van der Waals surface area contributed by atoms with Crippen LogP contribution in [0.3, 0.4) is 0 Å². The summed E-state index contributed by atoms with van der Waals surface area (Å²) in [6, 6.07) is 9.47. The monoisotopic (exact) mass is 414 g/mol. The summed E-state index contributed by atoms with van der Waals surface area (Å²) in [5.74, 6) is 1.36. The van der Waals surface area contributed by atoms with Gasteiger partial charge in [0.05, 0.1) is 12.0 Å². The molecule has 31 heavy (non-hydrogen) atoms. The van der Waals surface area contributed by atoms with Gasteiger partial charge in [-0.2, -0.15) is 9.61 Å². The van der Waals surface area contributed by atoms with Gasteiger partial charge < -0.3 is 14.6 Å². The largest absolute Gasteiger partial charge is 0.459 e. The van der Waals surface area contributed by atoms with Crippen molar-refractivity contribution in [2.24, 2.45) is 0 Å². The van der Waals surface area contributed by atoms with Crippen molar-refractivity contribution in [2.75, 3.05) is 18.4 Å². The molecule has 0 saturated carbocycles. The van der Waals surface area contributed by atoms with Crippen LogP contribution in [-0.2, 0) is 6.54 Å². The summed E-state index contributed by atoms with van der Waals surface area (Å²) in [4.78, 5) is 23.7. The molecule has 0 radical (unpaired) electrons. The lowest BCUT2D eigenvalue weighted by atomic mass is 9.93. The van der Waals surface area contributed by atoms with E-state index >= 15 is 0 Å². The zero-order chi connectivity index (χ0) is 21.2. The molecule has 1 aliphatic rings. The maximum atomic E-state index is 12.8. The quantitative estimate of drug-likeness (QED) is 0.500. The number of furan rings is 1. The van der Waals surface area contributed by atoms with Crippen molar-refractivity contribution in [1.82, 2.24) is 24.5 Å². The number of piperidine rings is 1. The minimum absolute atomic E-state index is 0.0637. The number of hydrogen-bond donors (Lipinski definition) is 1. The van der Waals surface area contributed by atoms with Crippen molar-refractivity contribution in [3.05, 3.63) is 72.2 Å². The third kappa shape index (κ3) is 3.91. The fraction of sp³-hybridized carbons (Fsp3) is 0.273. The van der Waals surface area contributed by atoms with E-state index in [4.69, 9.17) is 9.40 Å². The van der Waals surface area contributed by atoms with Crippen LogP contribution in [-0.4, -0.2) is 51.3 Å². The maximum Gasteiger partial charge on any atom is 0.289 e. The van der Waals surface area contributed by atoms with E-state index in [9.17, 15) is 4.79 Å². The van der Waals surface area contributed by atoms with Crippen molar-refractivity contribution in [3.63, 3.8) is 0 Å². The Morgan fingerprint density at radius 3 is 3.03 bits per heavy atom. The number of nitrogens with one attached hydrogen (secondary N) is 1. The van der Waals surface area contributed by atoms with Crippen molar-refractivity contribution < 1.29 is 9.21 Å². The Balaban J connectivity index is 1.42.